The van der Waals surface area contributed by atoms with Crippen LogP contribution >= 0.6 is 23.2 Å². The highest BCUT2D eigenvalue weighted by molar-refractivity contribution is 6.31. The first-order valence-electron chi connectivity index (χ1n) is 14.4. The molecule has 0 aliphatic heterocycles. The second-order valence-electron chi connectivity index (χ2n) is 11.1. The summed E-state index contributed by atoms with van der Waals surface area (Å²) in [6.45, 7) is 4.12. The summed E-state index contributed by atoms with van der Waals surface area (Å²) in [5.41, 5.74) is 3.78. The number of benzene rings is 4. The van der Waals surface area contributed by atoms with E-state index in [1.165, 1.54) is 0 Å². The molecule has 8 heteroatoms. The maximum absolute atomic E-state index is 13.9. The Hall–Kier alpha value is -4.13. The summed E-state index contributed by atoms with van der Waals surface area (Å²) in [7, 11) is 0. The molecule has 228 valence electrons. The standard InChI is InChI=1S/C36H35Cl2NO5/c1-23-10-11-25(19-33(23)38)6-5-9-32(28-14-16-31(37)17-15-28)24(2)39(34(40)20-30(36(43)44)21-35(41)42)22-26-12-13-27-7-3-4-8-29(27)18-26/h3-8,10-19,24,30,32H,9,20-22H2,1-2H3,(H,41,42)(H,43,44)/b6-5+. The summed E-state index contributed by atoms with van der Waals surface area (Å²) in [5.74, 6) is -4.52. The third kappa shape index (κ3) is 8.71. The van der Waals surface area contributed by atoms with Crippen LogP contribution in [-0.2, 0) is 20.9 Å². The van der Waals surface area contributed by atoms with Gasteiger partial charge in [0.1, 0.15) is 0 Å². The minimum absolute atomic E-state index is 0.184. The maximum atomic E-state index is 13.9. The van der Waals surface area contributed by atoms with E-state index >= 15 is 0 Å². The summed E-state index contributed by atoms with van der Waals surface area (Å²) in [6.07, 6.45) is 3.53. The average Bonchev–Trinajstić information content (AvgIpc) is 2.99. The van der Waals surface area contributed by atoms with Gasteiger partial charge in [-0.1, -0.05) is 96.0 Å². The number of carbonyl (C=O) groups is 3. The number of aliphatic carboxylic acids is 2. The van der Waals surface area contributed by atoms with Crippen LogP contribution in [0.25, 0.3) is 16.8 Å². The molecule has 3 unspecified atom stereocenters. The quantitative estimate of drug-likeness (QED) is 0.154. The van der Waals surface area contributed by atoms with Crippen LogP contribution in [0.1, 0.15) is 54.4 Å². The Balaban J connectivity index is 1.70. The van der Waals surface area contributed by atoms with Gasteiger partial charge in [-0.2, -0.15) is 0 Å². The van der Waals surface area contributed by atoms with Gasteiger partial charge in [-0.25, -0.2) is 0 Å². The smallest absolute Gasteiger partial charge is 0.307 e. The van der Waals surface area contributed by atoms with Crippen LogP contribution < -0.4 is 0 Å². The lowest BCUT2D eigenvalue weighted by Crippen LogP contribution is -2.43. The molecule has 2 N–H and O–H groups in total. The number of rotatable bonds is 13. The van der Waals surface area contributed by atoms with Crippen LogP contribution in [-0.4, -0.2) is 39.0 Å². The summed E-state index contributed by atoms with van der Waals surface area (Å²) < 4.78 is 0. The van der Waals surface area contributed by atoms with Crippen molar-refractivity contribution in [3.05, 3.63) is 123 Å². The summed E-state index contributed by atoms with van der Waals surface area (Å²) in [6, 6.07) is 26.8. The van der Waals surface area contributed by atoms with Crippen molar-refractivity contribution in [1.29, 1.82) is 0 Å². The number of fused-ring (bicyclic) bond motifs is 1. The fourth-order valence-electron chi connectivity index (χ4n) is 5.38. The molecule has 0 saturated heterocycles. The number of hydrogen-bond acceptors (Lipinski definition) is 3. The van der Waals surface area contributed by atoms with Crippen molar-refractivity contribution < 1.29 is 24.6 Å². The molecule has 3 atom stereocenters. The summed E-state index contributed by atoms with van der Waals surface area (Å²) >= 11 is 12.5. The van der Waals surface area contributed by atoms with Crippen molar-refractivity contribution in [3.63, 3.8) is 0 Å². The molecule has 4 aromatic rings. The van der Waals surface area contributed by atoms with Gasteiger partial charge in [-0.15, -0.1) is 0 Å². The third-order valence-electron chi connectivity index (χ3n) is 7.95. The molecule has 4 aromatic carbocycles. The molecule has 0 radical (unpaired) electrons. The molecule has 4 rings (SSSR count). The van der Waals surface area contributed by atoms with Crippen LogP contribution in [0.4, 0.5) is 0 Å². The molecule has 0 fully saturated rings. The number of allylic oxidation sites excluding steroid dienone is 1. The van der Waals surface area contributed by atoms with Gasteiger partial charge in [0.15, 0.2) is 0 Å². The number of carboxylic acids is 2. The number of amides is 1. The SMILES string of the molecule is Cc1ccc(/C=C/CC(c2ccc(Cl)cc2)C(C)N(Cc2ccc3ccccc3c2)C(=O)CC(CC(=O)O)C(=O)O)cc1Cl. The minimum atomic E-state index is -1.34. The molecule has 0 saturated carbocycles. The monoisotopic (exact) mass is 631 g/mol. The Morgan fingerprint density at radius 3 is 2.23 bits per heavy atom. The second kappa shape index (κ2) is 15.0. The average molecular weight is 633 g/mol. The van der Waals surface area contributed by atoms with Crippen molar-refractivity contribution in [3.8, 4) is 0 Å². The minimum Gasteiger partial charge on any atom is -0.481 e. The van der Waals surface area contributed by atoms with Crippen LogP contribution in [0, 0.1) is 12.8 Å². The predicted octanol–water partition coefficient (Wildman–Crippen LogP) is 8.63. The van der Waals surface area contributed by atoms with Gasteiger partial charge in [0, 0.05) is 35.0 Å². The molecule has 0 aromatic heterocycles. The first-order chi connectivity index (χ1) is 21.0. The van der Waals surface area contributed by atoms with Crippen molar-refractivity contribution >= 4 is 57.9 Å². The van der Waals surface area contributed by atoms with Gasteiger partial charge in [0.2, 0.25) is 5.91 Å². The third-order valence-corrected chi connectivity index (χ3v) is 8.61. The van der Waals surface area contributed by atoms with Crippen LogP contribution in [0.5, 0.6) is 0 Å². The normalized spacial score (nSPS) is 13.5. The number of nitrogens with zero attached hydrogens (tertiary/aromatic N) is 1. The molecule has 1 amide bonds. The summed E-state index contributed by atoms with van der Waals surface area (Å²) in [4.78, 5) is 38.9. The Labute approximate surface area is 267 Å². The lowest BCUT2D eigenvalue weighted by atomic mass is 9.87. The van der Waals surface area contributed by atoms with E-state index in [0.717, 1.165) is 33.0 Å². The lowest BCUT2D eigenvalue weighted by Gasteiger charge is -2.36. The van der Waals surface area contributed by atoms with E-state index in [2.05, 4.69) is 0 Å². The first-order valence-corrected chi connectivity index (χ1v) is 15.2. The molecule has 0 aliphatic rings. The Kier molecular flexibility index (Phi) is 11.2. The number of aryl methyl sites for hydroxylation is 1. The topological polar surface area (TPSA) is 94.9 Å². The fourth-order valence-corrected chi connectivity index (χ4v) is 5.70. The van der Waals surface area contributed by atoms with Crippen molar-refractivity contribution in [2.24, 2.45) is 5.92 Å². The van der Waals surface area contributed by atoms with E-state index in [9.17, 15) is 24.6 Å². The number of carbonyl (C=O) groups excluding carboxylic acids is 1. The van der Waals surface area contributed by atoms with Crippen LogP contribution in [0.3, 0.4) is 0 Å². The van der Waals surface area contributed by atoms with Crippen molar-refractivity contribution in [2.75, 3.05) is 0 Å². The Morgan fingerprint density at radius 2 is 1.57 bits per heavy atom. The zero-order valence-corrected chi connectivity index (χ0v) is 26.1. The molecule has 0 heterocycles. The van der Waals surface area contributed by atoms with Crippen LogP contribution in [0.2, 0.25) is 10.0 Å². The van der Waals surface area contributed by atoms with Gasteiger partial charge in [0.25, 0.3) is 0 Å². The molecule has 0 spiro atoms. The van der Waals surface area contributed by atoms with E-state index < -0.39 is 36.6 Å². The molecule has 44 heavy (non-hydrogen) atoms. The van der Waals surface area contributed by atoms with Crippen molar-refractivity contribution in [1.82, 2.24) is 4.90 Å². The van der Waals surface area contributed by atoms with Gasteiger partial charge >= 0.3 is 11.9 Å². The van der Waals surface area contributed by atoms with E-state index in [4.69, 9.17) is 23.2 Å². The van der Waals surface area contributed by atoms with E-state index in [1.54, 1.807) is 4.90 Å². The van der Waals surface area contributed by atoms with E-state index in [-0.39, 0.29) is 18.5 Å². The van der Waals surface area contributed by atoms with E-state index in [1.807, 2.05) is 111 Å². The Bertz CT molecular complexity index is 1670. The van der Waals surface area contributed by atoms with Gasteiger partial charge in [0.05, 0.1) is 12.3 Å². The molecule has 6 nitrogen and oxygen atoms in total. The number of carboxylic acid groups (broad SMARTS) is 2. The maximum Gasteiger partial charge on any atom is 0.307 e. The van der Waals surface area contributed by atoms with Gasteiger partial charge in [-0.05, 0) is 77.6 Å². The molecule has 0 aliphatic carbocycles. The summed E-state index contributed by atoms with van der Waals surface area (Å²) in [5, 5.41) is 22.4. The fraction of sp³-hybridized carbons (Fsp3) is 0.250. The highest BCUT2D eigenvalue weighted by Gasteiger charge is 2.32. The largest absolute Gasteiger partial charge is 0.481 e. The molecular formula is C36H35Cl2NO5. The zero-order valence-electron chi connectivity index (χ0n) is 24.6. The van der Waals surface area contributed by atoms with Gasteiger partial charge < -0.3 is 15.1 Å². The van der Waals surface area contributed by atoms with E-state index in [0.29, 0.717) is 16.5 Å². The number of hydrogen-bond donors (Lipinski definition) is 2. The van der Waals surface area contributed by atoms with Crippen molar-refractivity contribution in [2.45, 2.75) is 51.6 Å². The highest BCUT2D eigenvalue weighted by atomic mass is 35.5. The van der Waals surface area contributed by atoms with Gasteiger partial charge in [-0.3, -0.25) is 14.4 Å². The highest BCUT2D eigenvalue weighted by Crippen LogP contribution is 2.32. The molecule has 0 bridgehead atoms. The molecular weight excluding hydrogens is 597 g/mol. The second-order valence-corrected chi connectivity index (χ2v) is 11.9. The van der Waals surface area contributed by atoms with Crippen LogP contribution in [0.15, 0.2) is 91.0 Å². The number of halogens is 2. The zero-order chi connectivity index (χ0) is 31.8. The first kappa shape index (κ1) is 32.8. The predicted molar refractivity (Wildman–Crippen MR) is 176 cm³/mol. The lowest BCUT2D eigenvalue weighted by molar-refractivity contribution is -0.151. The Morgan fingerprint density at radius 1 is 0.864 bits per heavy atom.